The van der Waals surface area contributed by atoms with Crippen molar-refractivity contribution in [3.63, 3.8) is 0 Å². The molecule has 0 amide bonds. The molecular formula is C27H36ClN3O4. The van der Waals surface area contributed by atoms with Gasteiger partial charge in [0.25, 0.3) is 0 Å². The number of aromatic nitrogens is 2. The van der Waals surface area contributed by atoms with Crippen LogP contribution in [0.2, 0.25) is 5.02 Å². The van der Waals surface area contributed by atoms with E-state index in [2.05, 4.69) is 18.7 Å². The molecule has 0 aliphatic heterocycles. The number of methoxy groups -OCH3 is 1. The summed E-state index contributed by atoms with van der Waals surface area (Å²) < 4.78 is 18.9. The van der Waals surface area contributed by atoms with Crippen molar-refractivity contribution in [2.75, 3.05) is 26.9 Å². The van der Waals surface area contributed by atoms with Gasteiger partial charge in [-0.1, -0.05) is 24.6 Å². The molecule has 0 unspecified atom stereocenters. The second-order valence-corrected chi connectivity index (χ2v) is 8.97. The lowest BCUT2D eigenvalue weighted by Gasteiger charge is -2.30. The smallest absolute Gasteiger partial charge is 0.227 e. The first kappa shape index (κ1) is 27.0. The molecule has 3 rings (SSSR count). The number of halogens is 1. The van der Waals surface area contributed by atoms with E-state index >= 15 is 0 Å². The fourth-order valence-corrected chi connectivity index (χ4v) is 3.99. The Kier molecular flexibility index (Phi) is 9.98. The lowest BCUT2D eigenvalue weighted by molar-refractivity contribution is 0.0111. The maximum absolute atomic E-state index is 10.6. The standard InChI is InChI=1S/C27H36ClN3O4/c1-6-19(3)30(16-23(32)18-34-7-2)17-26-20(4)29-31(22-10-8-9-21(28)15-22)27(26)35-25-13-11-24(33-5)12-14-25/h8-15,19,23,32H,6-7,16-18H2,1-5H3/t19-,23+/m0/s1. The molecule has 0 saturated carbocycles. The van der Waals surface area contributed by atoms with Crippen molar-refractivity contribution in [2.24, 2.45) is 0 Å². The normalized spacial score (nSPS) is 13.1. The van der Waals surface area contributed by atoms with Crippen LogP contribution in [0.25, 0.3) is 5.69 Å². The average molecular weight is 502 g/mol. The third-order valence-electron chi connectivity index (χ3n) is 6.00. The van der Waals surface area contributed by atoms with Crippen molar-refractivity contribution >= 4 is 11.6 Å². The highest BCUT2D eigenvalue weighted by Gasteiger charge is 2.25. The highest BCUT2D eigenvalue weighted by atomic mass is 35.5. The van der Waals surface area contributed by atoms with Crippen molar-refractivity contribution in [2.45, 2.75) is 52.8 Å². The zero-order chi connectivity index (χ0) is 25.4. The van der Waals surface area contributed by atoms with Crippen LogP contribution in [0.1, 0.15) is 38.4 Å². The maximum Gasteiger partial charge on any atom is 0.227 e. The first-order valence-electron chi connectivity index (χ1n) is 12.0. The van der Waals surface area contributed by atoms with E-state index in [0.29, 0.717) is 43.0 Å². The molecule has 0 aliphatic rings. The fraction of sp³-hybridized carbons (Fsp3) is 0.444. The van der Waals surface area contributed by atoms with Crippen LogP contribution in [-0.2, 0) is 11.3 Å². The Morgan fingerprint density at radius 1 is 1.11 bits per heavy atom. The molecule has 2 atom stereocenters. The minimum absolute atomic E-state index is 0.244. The molecule has 35 heavy (non-hydrogen) atoms. The van der Waals surface area contributed by atoms with Gasteiger partial charge in [0.15, 0.2) is 0 Å². The summed E-state index contributed by atoms with van der Waals surface area (Å²) in [5.74, 6) is 2.03. The van der Waals surface area contributed by atoms with Crippen molar-refractivity contribution < 1.29 is 19.3 Å². The van der Waals surface area contributed by atoms with Crippen molar-refractivity contribution in [3.05, 3.63) is 64.8 Å². The molecule has 0 bridgehead atoms. The van der Waals surface area contributed by atoms with Gasteiger partial charge in [-0.05, 0) is 69.7 Å². The minimum atomic E-state index is -0.585. The summed E-state index contributed by atoms with van der Waals surface area (Å²) in [6.07, 6.45) is 0.357. The molecule has 0 spiro atoms. The predicted octanol–water partition coefficient (Wildman–Crippen LogP) is 5.63. The molecule has 1 aromatic heterocycles. The van der Waals surface area contributed by atoms with E-state index in [9.17, 15) is 5.11 Å². The van der Waals surface area contributed by atoms with E-state index in [1.807, 2.05) is 62.4 Å². The molecule has 0 aliphatic carbocycles. The number of ether oxygens (including phenoxy) is 3. The molecule has 3 aromatic rings. The Bertz CT molecular complexity index is 1070. The SMILES string of the molecule is CCOC[C@H](O)CN(Cc1c(C)nn(-c2cccc(Cl)c2)c1Oc1ccc(OC)cc1)[C@@H](C)CC. The molecule has 8 heteroatoms. The summed E-state index contributed by atoms with van der Waals surface area (Å²) in [7, 11) is 1.63. The number of benzene rings is 2. The predicted molar refractivity (Wildman–Crippen MR) is 139 cm³/mol. The molecule has 0 fully saturated rings. The van der Waals surface area contributed by atoms with Gasteiger partial charge in [0.2, 0.25) is 5.88 Å². The molecule has 1 N–H and O–H groups in total. The Hall–Kier alpha value is -2.58. The second-order valence-electron chi connectivity index (χ2n) is 8.54. The lowest BCUT2D eigenvalue weighted by Crippen LogP contribution is -2.40. The number of aliphatic hydroxyl groups excluding tert-OH is 1. The summed E-state index contributed by atoms with van der Waals surface area (Å²) in [5.41, 5.74) is 2.60. The topological polar surface area (TPSA) is 69.0 Å². The highest BCUT2D eigenvalue weighted by Crippen LogP contribution is 2.33. The third-order valence-corrected chi connectivity index (χ3v) is 6.23. The largest absolute Gasteiger partial charge is 0.497 e. The zero-order valence-corrected chi connectivity index (χ0v) is 22.0. The summed E-state index contributed by atoms with van der Waals surface area (Å²) in [4.78, 5) is 2.25. The molecular weight excluding hydrogens is 466 g/mol. The van der Waals surface area contributed by atoms with Gasteiger partial charge in [0.1, 0.15) is 11.5 Å². The van der Waals surface area contributed by atoms with E-state index in [1.54, 1.807) is 11.8 Å². The van der Waals surface area contributed by atoms with Crippen molar-refractivity contribution in [1.82, 2.24) is 14.7 Å². The first-order valence-corrected chi connectivity index (χ1v) is 12.4. The van der Waals surface area contributed by atoms with Crippen LogP contribution in [0.4, 0.5) is 0 Å². The van der Waals surface area contributed by atoms with Gasteiger partial charge in [-0.3, -0.25) is 4.90 Å². The molecule has 0 saturated heterocycles. The number of nitrogens with zero attached hydrogens (tertiary/aromatic N) is 3. The third kappa shape index (κ3) is 7.21. The summed E-state index contributed by atoms with van der Waals surface area (Å²) in [6, 6.07) is 15.2. The van der Waals surface area contributed by atoms with Gasteiger partial charge in [-0.2, -0.15) is 5.10 Å². The monoisotopic (exact) mass is 501 g/mol. The molecule has 1 heterocycles. The average Bonchev–Trinajstić information content (AvgIpc) is 3.16. The van der Waals surface area contributed by atoms with Gasteiger partial charge in [0, 0.05) is 30.8 Å². The van der Waals surface area contributed by atoms with Crippen LogP contribution in [0.3, 0.4) is 0 Å². The maximum atomic E-state index is 10.6. The second kappa shape index (κ2) is 12.9. The van der Waals surface area contributed by atoms with E-state index in [0.717, 1.165) is 29.1 Å². The van der Waals surface area contributed by atoms with Gasteiger partial charge in [-0.15, -0.1) is 0 Å². The first-order chi connectivity index (χ1) is 16.9. The van der Waals surface area contributed by atoms with Crippen LogP contribution in [0.15, 0.2) is 48.5 Å². The summed E-state index contributed by atoms with van der Waals surface area (Å²) in [5, 5.41) is 16.0. The Morgan fingerprint density at radius 2 is 1.83 bits per heavy atom. The summed E-state index contributed by atoms with van der Waals surface area (Å²) in [6.45, 7) is 10.1. The van der Waals surface area contributed by atoms with E-state index < -0.39 is 6.10 Å². The van der Waals surface area contributed by atoms with Crippen molar-refractivity contribution in [1.29, 1.82) is 0 Å². The van der Waals surface area contributed by atoms with E-state index in [-0.39, 0.29) is 6.04 Å². The number of hydrogen-bond acceptors (Lipinski definition) is 6. The van der Waals surface area contributed by atoms with Crippen LogP contribution in [0, 0.1) is 6.92 Å². The van der Waals surface area contributed by atoms with Crippen LogP contribution in [-0.4, -0.2) is 58.8 Å². The Morgan fingerprint density at radius 3 is 2.46 bits per heavy atom. The fourth-order valence-electron chi connectivity index (χ4n) is 3.80. The minimum Gasteiger partial charge on any atom is -0.497 e. The molecule has 2 aromatic carbocycles. The number of hydrogen-bond donors (Lipinski definition) is 1. The van der Waals surface area contributed by atoms with Crippen LogP contribution >= 0.6 is 11.6 Å². The molecule has 190 valence electrons. The number of rotatable bonds is 13. The number of aryl methyl sites for hydroxylation is 1. The van der Waals surface area contributed by atoms with Crippen LogP contribution in [0.5, 0.6) is 17.4 Å². The van der Waals surface area contributed by atoms with Gasteiger partial charge in [0.05, 0.1) is 36.8 Å². The van der Waals surface area contributed by atoms with Gasteiger partial charge in [-0.25, -0.2) is 4.68 Å². The molecule has 0 radical (unpaired) electrons. The van der Waals surface area contributed by atoms with Crippen molar-refractivity contribution in [3.8, 4) is 23.1 Å². The van der Waals surface area contributed by atoms with E-state index in [1.165, 1.54) is 0 Å². The van der Waals surface area contributed by atoms with E-state index in [4.69, 9.17) is 30.9 Å². The quantitative estimate of drug-likeness (QED) is 0.327. The number of aliphatic hydroxyl groups is 1. The molecule has 7 nitrogen and oxygen atoms in total. The van der Waals surface area contributed by atoms with Gasteiger partial charge < -0.3 is 19.3 Å². The zero-order valence-electron chi connectivity index (χ0n) is 21.2. The lowest BCUT2D eigenvalue weighted by atomic mass is 10.1. The van der Waals surface area contributed by atoms with Gasteiger partial charge >= 0.3 is 0 Å². The Labute approximate surface area is 213 Å². The Balaban J connectivity index is 2.00. The summed E-state index contributed by atoms with van der Waals surface area (Å²) >= 11 is 6.29. The highest BCUT2D eigenvalue weighted by molar-refractivity contribution is 6.30. The van der Waals surface area contributed by atoms with Crippen LogP contribution < -0.4 is 9.47 Å².